The monoisotopic (exact) mass is 318 g/mol. The molecular formula is C14H23ClN2O2S. The standard InChI is InChI=1S/C14H23ClN2O2S/c1-16(2)9-4-10-17(3)20(18,19)12-14-7-5-13(11-15)6-8-14/h5-8H,4,9-12H2,1-3H3. The first-order valence-electron chi connectivity index (χ1n) is 6.57. The summed E-state index contributed by atoms with van der Waals surface area (Å²) >= 11 is 5.72. The molecule has 1 aromatic carbocycles. The van der Waals surface area contributed by atoms with Crippen molar-refractivity contribution in [2.75, 3.05) is 34.2 Å². The molecule has 0 unspecified atom stereocenters. The predicted molar refractivity (Wildman–Crippen MR) is 84.4 cm³/mol. The van der Waals surface area contributed by atoms with Crippen molar-refractivity contribution in [1.82, 2.24) is 9.21 Å². The molecule has 0 aliphatic heterocycles. The summed E-state index contributed by atoms with van der Waals surface area (Å²) in [5, 5.41) is 0. The van der Waals surface area contributed by atoms with Crippen molar-refractivity contribution in [2.24, 2.45) is 0 Å². The molecule has 0 aliphatic rings. The number of hydrogen-bond acceptors (Lipinski definition) is 3. The quantitative estimate of drug-likeness (QED) is 0.690. The maximum atomic E-state index is 12.2. The van der Waals surface area contributed by atoms with E-state index in [0.717, 1.165) is 24.1 Å². The maximum Gasteiger partial charge on any atom is 0.218 e. The fourth-order valence-electron chi connectivity index (χ4n) is 1.79. The van der Waals surface area contributed by atoms with Crippen molar-refractivity contribution in [1.29, 1.82) is 0 Å². The van der Waals surface area contributed by atoms with Crippen LogP contribution >= 0.6 is 11.6 Å². The highest BCUT2D eigenvalue weighted by atomic mass is 35.5. The number of sulfonamides is 1. The summed E-state index contributed by atoms with van der Waals surface area (Å²) in [4.78, 5) is 2.05. The van der Waals surface area contributed by atoms with Gasteiger partial charge in [-0.2, -0.15) is 0 Å². The summed E-state index contributed by atoms with van der Waals surface area (Å²) in [5.74, 6) is 0.478. The number of rotatable bonds is 8. The Bertz CT molecular complexity index is 500. The molecule has 6 heteroatoms. The van der Waals surface area contributed by atoms with Crippen LogP contribution in [0.15, 0.2) is 24.3 Å². The predicted octanol–water partition coefficient (Wildman–Crippen LogP) is 2.14. The lowest BCUT2D eigenvalue weighted by Crippen LogP contribution is -2.30. The topological polar surface area (TPSA) is 40.6 Å². The minimum absolute atomic E-state index is 0.0357. The first-order valence-corrected chi connectivity index (χ1v) is 8.72. The molecule has 0 amide bonds. The molecular weight excluding hydrogens is 296 g/mol. The lowest BCUT2D eigenvalue weighted by Gasteiger charge is -2.18. The third-order valence-corrected chi connectivity index (χ3v) is 5.22. The molecule has 0 radical (unpaired) electrons. The Morgan fingerprint density at radius 2 is 1.55 bits per heavy atom. The van der Waals surface area contributed by atoms with Crippen LogP contribution in [0.3, 0.4) is 0 Å². The van der Waals surface area contributed by atoms with Crippen LogP contribution in [-0.4, -0.2) is 51.9 Å². The number of hydrogen-bond donors (Lipinski definition) is 0. The van der Waals surface area contributed by atoms with Crippen LogP contribution in [0.4, 0.5) is 0 Å². The van der Waals surface area contributed by atoms with E-state index >= 15 is 0 Å². The minimum atomic E-state index is -3.25. The Balaban J connectivity index is 2.58. The average molecular weight is 319 g/mol. The van der Waals surface area contributed by atoms with Crippen molar-refractivity contribution in [3.8, 4) is 0 Å². The van der Waals surface area contributed by atoms with Gasteiger partial charge in [0, 0.05) is 19.5 Å². The van der Waals surface area contributed by atoms with E-state index in [1.54, 1.807) is 7.05 Å². The Morgan fingerprint density at radius 3 is 2.05 bits per heavy atom. The van der Waals surface area contributed by atoms with Gasteiger partial charge < -0.3 is 4.90 Å². The van der Waals surface area contributed by atoms with Gasteiger partial charge in [-0.15, -0.1) is 11.6 Å². The van der Waals surface area contributed by atoms with Crippen LogP contribution in [0.5, 0.6) is 0 Å². The van der Waals surface area contributed by atoms with E-state index in [1.807, 2.05) is 43.3 Å². The van der Waals surface area contributed by atoms with E-state index < -0.39 is 10.0 Å². The summed E-state index contributed by atoms with van der Waals surface area (Å²) in [6.45, 7) is 1.42. The molecule has 0 bridgehead atoms. The number of benzene rings is 1. The molecule has 0 spiro atoms. The second-order valence-corrected chi connectivity index (χ2v) is 7.53. The lowest BCUT2D eigenvalue weighted by molar-refractivity contribution is 0.370. The molecule has 4 nitrogen and oxygen atoms in total. The zero-order chi connectivity index (χ0) is 15.2. The van der Waals surface area contributed by atoms with Crippen molar-refractivity contribution in [3.05, 3.63) is 35.4 Å². The number of alkyl halides is 1. The van der Waals surface area contributed by atoms with Crippen LogP contribution < -0.4 is 0 Å². The summed E-state index contributed by atoms with van der Waals surface area (Å²) in [6.07, 6.45) is 0.827. The van der Waals surface area contributed by atoms with Gasteiger partial charge in [-0.25, -0.2) is 12.7 Å². The molecule has 0 saturated carbocycles. The molecule has 0 aliphatic carbocycles. The first kappa shape index (κ1) is 17.4. The highest BCUT2D eigenvalue weighted by molar-refractivity contribution is 7.88. The van der Waals surface area contributed by atoms with Crippen molar-refractivity contribution < 1.29 is 8.42 Å². The summed E-state index contributed by atoms with van der Waals surface area (Å²) in [6, 6.07) is 7.37. The third kappa shape index (κ3) is 5.79. The van der Waals surface area contributed by atoms with E-state index in [-0.39, 0.29) is 5.75 Å². The van der Waals surface area contributed by atoms with E-state index in [0.29, 0.717) is 12.4 Å². The van der Waals surface area contributed by atoms with Gasteiger partial charge in [-0.1, -0.05) is 24.3 Å². The molecule has 0 atom stereocenters. The summed E-state index contributed by atoms with van der Waals surface area (Å²) in [5.41, 5.74) is 1.78. The van der Waals surface area contributed by atoms with Crippen molar-refractivity contribution >= 4 is 21.6 Å². The molecule has 1 rings (SSSR count). The molecule has 20 heavy (non-hydrogen) atoms. The van der Waals surface area contributed by atoms with E-state index in [4.69, 9.17) is 11.6 Å². The van der Waals surface area contributed by atoms with E-state index in [2.05, 4.69) is 0 Å². The summed E-state index contributed by atoms with van der Waals surface area (Å²) < 4.78 is 25.9. The minimum Gasteiger partial charge on any atom is -0.309 e. The smallest absolute Gasteiger partial charge is 0.218 e. The largest absolute Gasteiger partial charge is 0.309 e. The lowest BCUT2D eigenvalue weighted by atomic mass is 10.2. The van der Waals surface area contributed by atoms with Crippen LogP contribution in [0.25, 0.3) is 0 Å². The van der Waals surface area contributed by atoms with E-state index in [1.165, 1.54) is 4.31 Å². The highest BCUT2D eigenvalue weighted by Gasteiger charge is 2.18. The zero-order valence-corrected chi connectivity index (χ0v) is 13.9. The van der Waals surface area contributed by atoms with Gasteiger partial charge in [0.05, 0.1) is 5.75 Å². The van der Waals surface area contributed by atoms with Crippen molar-refractivity contribution in [3.63, 3.8) is 0 Å². The highest BCUT2D eigenvalue weighted by Crippen LogP contribution is 2.12. The molecule has 0 heterocycles. The molecule has 0 N–H and O–H groups in total. The molecule has 0 fully saturated rings. The Labute approximate surface area is 127 Å². The van der Waals surface area contributed by atoms with E-state index in [9.17, 15) is 8.42 Å². The molecule has 0 saturated heterocycles. The molecule has 0 aromatic heterocycles. The van der Waals surface area contributed by atoms with Gasteiger partial charge in [0.1, 0.15) is 0 Å². The second kappa shape index (κ2) is 7.98. The number of nitrogens with zero attached hydrogens (tertiary/aromatic N) is 2. The van der Waals surface area contributed by atoms with Gasteiger partial charge in [0.15, 0.2) is 0 Å². The van der Waals surface area contributed by atoms with Crippen LogP contribution in [-0.2, 0) is 21.7 Å². The van der Waals surface area contributed by atoms with Gasteiger partial charge in [-0.3, -0.25) is 0 Å². The second-order valence-electron chi connectivity index (χ2n) is 5.18. The van der Waals surface area contributed by atoms with Crippen LogP contribution in [0.1, 0.15) is 17.5 Å². The summed E-state index contributed by atoms with van der Waals surface area (Å²) in [7, 11) is 2.35. The Hall–Kier alpha value is -0.620. The van der Waals surface area contributed by atoms with Gasteiger partial charge in [-0.05, 0) is 38.2 Å². The number of halogens is 1. The SMILES string of the molecule is CN(C)CCCN(C)S(=O)(=O)Cc1ccc(CCl)cc1. The van der Waals surface area contributed by atoms with Crippen LogP contribution in [0.2, 0.25) is 0 Å². The normalized spacial score (nSPS) is 12.3. The van der Waals surface area contributed by atoms with Gasteiger partial charge in [0.2, 0.25) is 10.0 Å². The van der Waals surface area contributed by atoms with Gasteiger partial charge >= 0.3 is 0 Å². The third-order valence-electron chi connectivity index (χ3n) is 3.08. The first-order chi connectivity index (χ1) is 9.35. The Kier molecular flexibility index (Phi) is 6.95. The average Bonchev–Trinajstić information content (AvgIpc) is 2.38. The fourth-order valence-corrected chi connectivity index (χ4v) is 3.21. The van der Waals surface area contributed by atoms with Crippen molar-refractivity contribution in [2.45, 2.75) is 18.1 Å². The van der Waals surface area contributed by atoms with Crippen LogP contribution in [0, 0.1) is 0 Å². The molecule has 114 valence electrons. The Morgan fingerprint density at radius 1 is 1.00 bits per heavy atom. The molecule has 1 aromatic rings. The zero-order valence-electron chi connectivity index (χ0n) is 12.3. The maximum absolute atomic E-state index is 12.2. The van der Waals surface area contributed by atoms with Gasteiger partial charge in [0.25, 0.3) is 0 Å². The fraction of sp³-hybridized carbons (Fsp3) is 0.571.